The van der Waals surface area contributed by atoms with E-state index >= 15 is 0 Å². The molecule has 0 N–H and O–H groups in total. The zero-order chi connectivity index (χ0) is 6.91. The van der Waals surface area contributed by atoms with Crippen LogP contribution in [0.5, 0.6) is 0 Å². The van der Waals surface area contributed by atoms with Crippen molar-refractivity contribution in [2.45, 2.75) is 5.38 Å². The van der Waals surface area contributed by atoms with E-state index < -0.39 is 11.1 Å². The Labute approximate surface area is 55.2 Å². The molecule has 0 spiro atoms. The summed E-state index contributed by atoms with van der Waals surface area (Å²) in [6.45, 7) is 0. The molecule has 0 aromatic heterocycles. The van der Waals surface area contributed by atoms with Crippen molar-refractivity contribution in [3.63, 3.8) is 0 Å². The number of rotatable bonds is 1. The fourth-order valence-corrected chi connectivity index (χ4v) is 0.485. The molecular weight excluding hydrogens is 150 g/mol. The maximum atomic E-state index is 12.0. The Hall–Kier alpha value is -0.640. The highest BCUT2D eigenvalue weighted by Gasteiger charge is 2.32. The van der Waals surface area contributed by atoms with Gasteiger partial charge in [-0.1, -0.05) is 0 Å². The maximum absolute atomic E-state index is 12.0. The quantitative estimate of drug-likeness (QED) is 0.505. The normalized spacial score (nSPS) is 17.4. The van der Waals surface area contributed by atoms with Gasteiger partial charge in [0.1, 0.15) is 5.71 Å². The zero-order valence-electron chi connectivity index (χ0n) is 4.18. The first kappa shape index (κ1) is 6.48. The summed E-state index contributed by atoms with van der Waals surface area (Å²) >= 11 is 4.56. The standard InChI is InChI=1S/C4H2ClF2N2/c5-4(6,7)3-1-2-8-9-3/h1-2H. The van der Waals surface area contributed by atoms with Crippen molar-refractivity contribution in [3.8, 4) is 0 Å². The topological polar surface area (TPSA) is 26.5 Å². The van der Waals surface area contributed by atoms with Gasteiger partial charge < -0.3 is 0 Å². The highest BCUT2D eigenvalue weighted by Crippen LogP contribution is 2.22. The van der Waals surface area contributed by atoms with Gasteiger partial charge in [0.15, 0.2) is 0 Å². The summed E-state index contributed by atoms with van der Waals surface area (Å²) in [5.41, 5.74) is 2.66. The molecule has 0 bridgehead atoms. The fraction of sp³-hybridized carbons (Fsp3) is 0.250. The molecule has 1 rings (SSSR count). The molecule has 5 heteroatoms. The Balaban J connectivity index is 2.73. The van der Waals surface area contributed by atoms with Gasteiger partial charge in [-0.15, -0.1) is 5.10 Å². The summed E-state index contributed by atoms with van der Waals surface area (Å²) in [5.74, 6) is 0. The largest absolute Gasteiger partial charge is 0.366 e. The lowest BCUT2D eigenvalue weighted by molar-refractivity contribution is 0.176. The number of hydrogen-bond acceptors (Lipinski definition) is 1. The van der Waals surface area contributed by atoms with Crippen LogP contribution in [0.25, 0.3) is 0 Å². The zero-order valence-corrected chi connectivity index (χ0v) is 4.94. The van der Waals surface area contributed by atoms with Gasteiger partial charge in [-0.05, 0) is 17.7 Å². The van der Waals surface area contributed by atoms with Crippen LogP contribution in [-0.4, -0.2) is 11.1 Å². The molecule has 0 aromatic rings. The average Bonchev–Trinajstić information content (AvgIpc) is 2.08. The number of allylic oxidation sites excluding steroid dienone is 1. The Morgan fingerprint density at radius 1 is 1.56 bits per heavy atom. The van der Waals surface area contributed by atoms with Crippen LogP contribution in [0.2, 0.25) is 0 Å². The lowest BCUT2D eigenvalue weighted by Crippen LogP contribution is -2.17. The molecule has 1 aliphatic rings. The predicted molar refractivity (Wildman–Crippen MR) is 29.5 cm³/mol. The molecule has 1 aliphatic heterocycles. The van der Waals surface area contributed by atoms with Crippen molar-refractivity contribution in [3.05, 3.63) is 12.3 Å². The molecule has 0 aromatic carbocycles. The van der Waals surface area contributed by atoms with Gasteiger partial charge in [-0.2, -0.15) is 14.2 Å². The van der Waals surface area contributed by atoms with E-state index in [1.54, 1.807) is 0 Å². The highest BCUT2D eigenvalue weighted by atomic mass is 35.5. The molecule has 0 amide bonds. The van der Waals surface area contributed by atoms with E-state index in [-0.39, 0.29) is 0 Å². The minimum absolute atomic E-state index is 0.510. The molecule has 0 aliphatic carbocycles. The van der Waals surface area contributed by atoms with Gasteiger partial charge in [-0.25, -0.2) is 0 Å². The minimum atomic E-state index is -3.38. The molecule has 0 saturated heterocycles. The van der Waals surface area contributed by atoms with Crippen molar-refractivity contribution in [2.24, 2.45) is 5.10 Å². The molecular formula is C4H2ClF2N2. The van der Waals surface area contributed by atoms with E-state index in [4.69, 9.17) is 0 Å². The maximum Gasteiger partial charge on any atom is 0.366 e. The lowest BCUT2D eigenvalue weighted by atomic mass is 10.4. The van der Waals surface area contributed by atoms with E-state index in [1.807, 2.05) is 0 Å². The second-order valence-corrected chi connectivity index (χ2v) is 1.89. The Kier molecular flexibility index (Phi) is 1.40. The van der Waals surface area contributed by atoms with E-state index in [1.165, 1.54) is 0 Å². The van der Waals surface area contributed by atoms with Crippen LogP contribution < -0.4 is 5.43 Å². The third-order valence-electron chi connectivity index (χ3n) is 0.755. The number of halogens is 3. The molecule has 2 nitrogen and oxygen atoms in total. The van der Waals surface area contributed by atoms with Crippen molar-refractivity contribution < 1.29 is 8.78 Å². The molecule has 0 fully saturated rings. The van der Waals surface area contributed by atoms with Crippen molar-refractivity contribution in [1.29, 1.82) is 0 Å². The summed E-state index contributed by atoms with van der Waals surface area (Å²) in [6.07, 6.45) is 2.22. The van der Waals surface area contributed by atoms with Crippen molar-refractivity contribution in [2.75, 3.05) is 0 Å². The summed E-state index contributed by atoms with van der Waals surface area (Å²) in [7, 11) is 0. The molecule has 1 heterocycles. The molecule has 0 saturated carbocycles. The van der Waals surface area contributed by atoms with Gasteiger partial charge >= 0.3 is 5.38 Å². The number of nitrogens with zero attached hydrogens (tertiary/aromatic N) is 2. The number of hydrogen-bond donors (Lipinski definition) is 0. The van der Waals surface area contributed by atoms with E-state index in [9.17, 15) is 8.78 Å². The van der Waals surface area contributed by atoms with Crippen LogP contribution in [0.3, 0.4) is 0 Å². The summed E-state index contributed by atoms with van der Waals surface area (Å²) in [5, 5.41) is -0.323. The van der Waals surface area contributed by atoms with Gasteiger partial charge in [0.25, 0.3) is 0 Å². The SMILES string of the molecule is FC(F)(Cl)C1=N[N]C=C1. The average molecular weight is 152 g/mol. The van der Waals surface area contributed by atoms with Gasteiger partial charge in [0.2, 0.25) is 0 Å². The summed E-state index contributed by atoms with van der Waals surface area (Å²) < 4.78 is 23.9. The van der Waals surface area contributed by atoms with Gasteiger partial charge in [0.05, 0.1) is 6.20 Å². The molecule has 0 unspecified atom stereocenters. The fourth-order valence-electron chi connectivity index (χ4n) is 0.384. The van der Waals surface area contributed by atoms with E-state index in [0.717, 1.165) is 12.3 Å². The van der Waals surface area contributed by atoms with Crippen LogP contribution >= 0.6 is 11.6 Å². The van der Waals surface area contributed by atoms with Gasteiger partial charge in [0, 0.05) is 0 Å². The molecule has 9 heavy (non-hydrogen) atoms. The second-order valence-electron chi connectivity index (χ2n) is 1.41. The smallest absolute Gasteiger partial charge is 0.181 e. The van der Waals surface area contributed by atoms with Crippen molar-refractivity contribution >= 4 is 17.3 Å². The Bertz CT molecular complexity index is 170. The monoisotopic (exact) mass is 151 g/mol. The first-order valence-corrected chi connectivity index (χ1v) is 2.50. The Morgan fingerprint density at radius 2 is 2.22 bits per heavy atom. The van der Waals surface area contributed by atoms with Crippen molar-refractivity contribution in [1.82, 2.24) is 5.43 Å². The summed E-state index contributed by atoms with van der Waals surface area (Å²) in [6, 6.07) is 0. The summed E-state index contributed by atoms with van der Waals surface area (Å²) in [4.78, 5) is 0. The third-order valence-corrected chi connectivity index (χ3v) is 0.949. The second kappa shape index (κ2) is 1.95. The first-order chi connectivity index (χ1) is 4.11. The first-order valence-electron chi connectivity index (χ1n) is 2.12. The van der Waals surface area contributed by atoms with Crippen LogP contribution in [-0.2, 0) is 0 Å². The Morgan fingerprint density at radius 3 is 2.44 bits per heavy atom. The van der Waals surface area contributed by atoms with Gasteiger partial charge in [-0.3, -0.25) is 0 Å². The third kappa shape index (κ3) is 1.38. The van der Waals surface area contributed by atoms with E-state index in [0.29, 0.717) is 0 Å². The van der Waals surface area contributed by atoms with E-state index in [2.05, 4.69) is 22.1 Å². The van der Waals surface area contributed by atoms with Crippen LogP contribution in [0.4, 0.5) is 8.78 Å². The predicted octanol–water partition coefficient (Wildman–Crippen LogP) is 1.31. The molecule has 1 radical (unpaired) electrons. The van der Waals surface area contributed by atoms with Crippen LogP contribution in [0.15, 0.2) is 17.4 Å². The number of alkyl halides is 3. The van der Waals surface area contributed by atoms with Crippen LogP contribution in [0, 0.1) is 0 Å². The molecule has 0 atom stereocenters. The molecule has 49 valence electrons. The highest BCUT2D eigenvalue weighted by molar-refractivity contribution is 6.35. The van der Waals surface area contributed by atoms with Crippen LogP contribution in [0.1, 0.15) is 0 Å². The minimum Gasteiger partial charge on any atom is -0.181 e. The lowest BCUT2D eigenvalue weighted by Gasteiger charge is -2.01.